The Balaban J connectivity index is 1.80. The summed E-state index contributed by atoms with van der Waals surface area (Å²) in [6.07, 6.45) is 9.67. The molecule has 1 aromatic heterocycles. The van der Waals surface area contributed by atoms with Gasteiger partial charge in [0.2, 0.25) is 5.89 Å². The lowest BCUT2D eigenvalue weighted by Crippen LogP contribution is -2.14. The molecule has 1 aliphatic rings. The molecule has 114 valence electrons. The van der Waals surface area contributed by atoms with Gasteiger partial charge in [0.1, 0.15) is 0 Å². The zero-order chi connectivity index (χ0) is 14.4. The van der Waals surface area contributed by atoms with Crippen LogP contribution in [0.1, 0.15) is 76.4 Å². The van der Waals surface area contributed by atoms with Gasteiger partial charge in [-0.05, 0) is 50.5 Å². The fraction of sp³-hybridized carbons (Fsp3) is 0.875. The van der Waals surface area contributed by atoms with Crippen molar-refractivity contribution >= 4 is 0 Å². The Hall–Kier alpha value is -0.900. The molecule has 4 nitrogen and oxygen atoms in total. The molecule has 1 unspecified atom stereocenters. The maximum atomic E-state index is 5.63. The highest BCUT2D eigenvalue weighted by Gasteiger charge is 2.25. The molecule has 0 amide bonds. The second-order valence-corrected chi connectivity index (χ2v) is 6.43. The first kappa shape index (κ1) is 15.5. The SMILES string of the molecule is CCCC1CCC(c2noc(CCC(C)CN)n2)CC1. The molecule has 1 saturated carbocycles. The molecular formula is C16H29N3O. The Kier molecular flexibility index (Phi) is 6.02. The van der Waals surface area contributed by atoms with E-state index in [2.05, 4.69) is 24.0 Å². The van der Waals surface area contributed by atoms with E-state index in [4.69, 9.17) is 10.3 Å². The lowest BCUT2D eigenvalue weighted by molar-refractivity contribution is 0.294. The molecular weight excluding hydrogens is 250 g/mol. The van der Waals surface area contributed by atoms with Gasteiger partial charge >= 0.3 is 0 Å². The highest BCUT2D eigenvalue weighted by molar-refractivity contribution is 4.98. The summed E-state index contributed by atoms with van der Waals surface area (Å²) >= 11 is 0. The lowest BCUT2D eigenvalue weighted by atomic mass is 9.80. The van der Waals surface area contributed by atoms with Crippen molar-refractivity contribution in [2.45, 2.75) is 71.1 Å². The Labute approximate surface area is 122 Å². The summed E-state index contributed by atoms with van der Waals surface area (Å²) in [4.78, 5) is 4.59. The molecule has 1 aliphatic carbocycles. The van der Waals surface area contributed by atoms with Gasteiger partial charge in [-0.1, -0.05) is 31.8 Å². The van der Waals surface area contributed by atoms with Crippen LogP contribution in [0.5, 0.6) is 0 Å². The maximum Gasteiger partial charge on any atom is 0.226 e. The second-order valence-electron chi connectivity index (χ2n) is 6.43. The van der Waals surface area contributed by atoms with E-state index >= 15 is 0 Å². The molecule has 2 N–H and O–H groups in total. The predicted molar refractivity (Wildman–Crippen MR) is 80.4 cm³/mol. The summed E-state index contributed by atoms with van der Waals surface area (Å²) in [6, 6.07) is 0. The van der Waals surface area contributed by atoms with E-state index in [1.165, 1.54) is 38.5 Å². The first-order valence-corrected chi connectivity index (χ1v) is 8.25. The third-order valence-electron chi connectivity index (χ3n) is 4.65. The van der Waals surface area contributed by atoms with E-state index in [1.807, 2.05) is 0 Å². The van der Waals surface area contributed by atoms with Gasteiger partial charge in [0.15, 0.2) is 5.82 Å². The van der Waals surface area contributed by atoms with E-state index in [0.717, 1.165) is 37.0 Å². The van der Waals surface area contributed by atoms with E-state index < -0.39 is 0 Å². The Bertz CT molecular complexity index is 383. The quantitative estimate of drug-likeness (QED) is 0.827. The average molecular weight is 279 g/mol. The Morgan fingerprint density at radius 1 is 1.30 bits per heavy atom. The smallest absolute Gasteiger partial charge is 0.226 e. The number of hydrogen-bond donors (Lipinski definition) is 1. The van der Waals surface area contributed by atoms with E-state index in [0.29, 0.717) is 11.8 Å². The van der Waals surface area contributed by atoms with Crippen molar-refractivity contribution in [1.29, 1.82) is 0 Å². The zero-order valence-electron chi connectivity index (χ0n) is 13.0. The van der Waals surface area contributed by atoms with Gasteiger partial charge in [-0.25, -0.2) is 0 Å². The van der Waals surface area contributed by atoms with Crippen LogP contribution in [-0.2, 0) is 6.42 Å². The van der Waals surface area contributed by atoms with Gasteiger partial charge in [-0.15, -0.1) is 0 Å². The topological polar surface area (TPSA) is 64.9 Å². The van der Waals surface area contributed by atoms with Gasteiger partial charge in [-0.3, -0.25) is 0 Å². The fourth-order valence-electron chi connectivity index (χ4n) is 3.14. The largest absolute Gasteiger partial charge is 0.339 e. The number of nitrogens with zero attached hydrogens (tertiary/aromatic N) is 2. The minimum Gasteiger partial charge on any atom is -0.339 e. The molecule has 1 fully saturated rings. The van der Waals surface area contributed by atoms with Gasteiger partial charge in [0, 0.05) is 12.3 Å². The molecule has 4 heteroatoms. The van der Waals surface area contributed by atoms with Crippen LogP contribution < -0.4 is 5.73 Å². The van der Waals surface area contributed by atoms with Crippen LogP contribution in [0.4, 0.5) is 0 Å². The van der Waals surface area contributed by atoms with Crippen molar-refractivity contribution in [3.63, 3.8) is 0 Å². The summed E-state index contributed by atoms with van der Waals surface area (Å²) in [5.74, 6) is 3.70. The molecule has 0 bridgehead atoms. The monoisotopic (exact) mass is 279 g/mol. The average Bonchev–Trinajstić information content (AvgIpc) is 2.95. The van der Waals surface area contributed by atoms with Gasteiger partial charge < -0.3 is 10.3 Å². The first-order valence-electron chi connectivity index (χ1n) is 8.25. The number of aromatic nitrogens is 2. The Morgan fingerprint density at radius 2 is 2.05 bits per heavy atom. The van der Waals surface area contributed by atoms with Gasteiger partial charge in [0.05, 0.1) is 0 Å². The van der Waals surface area contributed by atoms with Crippen molar-refractivity contribution in [2.75, 3.05) is 6.54 Å². The fourth-order valence-corrected chi connectivity index (χ4v) is 3.14. The highest BCUT2D eigenvalue weighted by atomic mass is 16.5. The van der Waals surface area contributed by atoms with Crippen molar-refractivity contribution in [2.24, 2.45) is 17.6 Å². The number of hydrogen-bond acceptors (Lipinski definition) is 4. The number of aryl methyl sites for hydroxylation is 1. The molecule has 0 spiro atoms. The second kappa shape index (κ2) is 7.77. The minimum atomic E-state index is 0.521. The van der Waals surface area contributed by atoms with Crippen molar-refractivity contribution in [1.82, 2.24) is 10.1 Å². The van der Waals surface area contributed by atoms with Crippen LogP contribution in [0, 0.1) is 11.8 Å². The zero-order valence-corrected chi connectivity index (χ0v) is 13.0. The van der Waals surface area contributed by atoms with E-state index in [9.17, 15) is 0 Å². The van der Waals surface area contributed by atoms with Crippen molar-refractivity contribution in [3.8, 4) is 0 Å². The highest BCUT2D eigenvalue weighted by Crippen LogP contribution is 2.36. The summed E-state index contributed by atoms with van der Waals surface area (Å²) < 4.78 is 5.39. The van der Waals surface area contributed by atoms with Crippen molar-refractivity contribution < 1.29 is 4.52 Å². The number of nitrogens with two attached hydrogens (primary N) is 1. The maximum absolute atomic E-state index is 5.63. The summed E-state index contributed by atoms with van der Waals surface area (Å²) in [5.41, 5.74) is 5.63. The molecule has 0 aliphatic heterocycles. The lowest BCUT2D eigenvalue weighted by Gasteiger charge is -2.26. The summed E-state index contributed by atoms with van der Waals surface area (Å²) in [5, 5.41) is 4.20. The summed E-state index contributed by atoms with van der Waals surface area (Å²) in [6.45, 7) is 5.16. The Morgan fingerprint density at radius 3 is 2.70 bits per heavy atom. The van der Waals surface area contributed by atoms with Gasteiger partial charge in [0.25, 0.3) is 0 Å². The standard InChI is InChI=1S/C16H29N3O/c1-3-4-13-6-8-14(9-7-13)16-18-15(20-19-16)10-5-12(2)11-17/h12-14H,3-11,17H2,1-2H3. The van der Waals surface area contributed by atoms with Crippen LogP contribution in [0.3, 0.4) is 0 Å². The first-order chi connectivity index (χ1) is 9.72. The molecule has 2 rings (SSSR count). The molecule has 1 aromatic rings. The van der Waals surface area contributed by atoms with Crippen LogP contribution in [-0.4, -0.2) is 16.7 Å². The number of rotatable bonds is 7. The molecule has 0 aromatic carbocycles. The molecule has 1 heterocycles. The molecule has 1 atom stereocenters. The normalized spacial score (nSPS) is 24.8. The molecule has 0 saturated heterocycles. The molecule has 0 radical (unpaired) electrons. The van der Waals surface area contributed by atoms with Crippen molar-refractivity contribution in [3.05, 3.63) is 11.7 Å². The van der Waals surface area contributed by atoms with E-state index in [1.54, 1.807) is 0 Å². The van der Waals surface area contributed by atoms with Crippen LogP contribution >= 0.6 is 0 Å². The third-order valence-corrected chi connectivity index (χ3v) is 4.65. The summed E-state index contributed by atoms with van der Waals surface area (Å²) in [7, 11) is 0. The third kappa shape index (κ3) is 4.30. The molecule has 20 heavy (non-hydrogen) atoms. The van der Waals surface area contributed by atoms with Crippen LogP contribution in [0.15, 0.2) is 4.52 Å². The van der Waals surface area contributed by atoms with Gasteiger partial charge in [-0.2, -0.15) is 4.98 Å². The van der Waals surface area contributed by atoms with E-state index in [-0.39, 0.29) is 0 Å². The van der Waals surface area contributed by atoms with Crippen LogP contribution in [0.25, 0.3) is 0 Å². The van der Waals surface area contributed by atoms with Crippen LogP contribution in [0.2, 0.25) is 0 Å². The minimum absolute atomic E-state index is 0.521. The predicted octanol–water partition coefficient (Wildman–Crippen LogP) is 3.67.